The van der Waals surface area contributed by atoms with Crippen molar-refractivity contribution in [3.8, 4) is 0 Å². The molecule has 1 saturated carbocycles. The molecule has 1 aliphatic carbocycles. The Bertz CT molecular complexity index is 120. The lowest BCUT2D eigenvalue weighted by molar-refractivity contribution is -0.127. The van der Waals surface area contributed by atoms with E-state index in [1.165, 1.54) is 0 Å². The van der Waals surface area contributed by atoms with Gasteiger partial charge >= 0.3 is 0 Å². The highest BCUT2D eigenvalue weighted by atomic mass is 16.3. The smallest absolute Gasteiger partial charge is 0.138 e. The largest absolute Gasteiger partial charge is 0.393 e. The third-order valence-electron chi connectivity index (χ3n) is 1.92. The van der Waals surface area contributed by atoms with Gasteiger partial charge in [0.2, 0.25) is 0 Å². The van der Waals surface area contributed by atoms with Crippen LogP contribution < -0.4 is 0 Å². The number of hydrogen-bond acceptors (Lipinski definition) is 2. The van der Waals surface area contributed by atoms with Crippen molar-refractivity contribution < 1.29 is 9.90 Å². The minimum Gasteiger partial charge on any atom is -0.393 e. The quantitative estimate of drug-likeness (QED) is 0.522. The maximum absolute atomic E-state index is 10.8. The molecule has 0 bridgehead atoms. The second-order valence-corrected chi connectivity index (χ2v) is 2.80. The van der Waals surface area contributed by atoms with Crippen molar-refractivity contribution in [2.45, 2.75) is 32.3 Å². The standard InChI is InChI=1S/C7H12O2/c1-5-2-3-6(8)4-7(5)9/h5-6,8H,2-4H2,1H3. The molecule has 1 N–H and O–H groups in total. The van der Waals surface area contributed by atoms with Gasteiger partial charge in [-0.15, -0.1) is 0 Å². The topological polar surface area (TPSA) is 37.3 Å². The molecule has 2 unspecified atom stereocenters. The first kappa shape index (κ1) is 6.75. The molecule has 0 amide bonds. The molecule has 0 heterocycles. The van der Waals surface area contributed by atoms with Crippen LogP contribution in [0.15, 0.2) is 0 Å². The van der Waals surface area contributed by atoms with Gasteiger partial charge in [0.25, 0.3) is 0 Å². The first-order valence-electron chi connectivity index (χ1n) is 3.41. The van der Waals surface area contributed by atoms with Crippen LogP contribution in [0.25, 0.3) is 0 Å². The Balaban J connectivity index is 2.44. The van der Waals surface area contributed by atoms with Crippen LogP contribution in [0.5, 0.6) is 0 Å². The second-order valence-electron chi connectivity index (χ2n) is 2.80. The number of Topliss-reactive ketones (excluding diaryl/α,β-unsaturated/α-hetero) is 1. The molecule has 2 nitrogen and oxygen atoms in total. The van der Waals surface area contributed by atoms with E-state index in [9.17, 15) is 4.79 Å². The summed E-state index contributed by atoms with van der Waals surface area (Å²) in [6.07, 6.45) is 1.68. The summed E-state index contributed by atoms with van der Waals surface area (Å²) in [5, 5.41) is 8.98. The fourth-order valence-corrected chi connectivity index (χ4v) is 1.14. The first-order chi connectivity index (χ1) is 4.20. The van der Waals surface area contributed by atoms with Gasteiger partial charge in [-0.2, -0.15) is 0 Å². The van der Waals surface area contributed by atoms with Crippen molar-refractivity contribution >= 4 is 5.78 Å². The van der Waals surface area contributed by atoms with E-state index in [-0.39, 0.29) is 17.8 Å². The van der Waals surface area contributed by atoms with Crippen LogP contribution in [0.4, 0.5) is 0 Å². The fourth-order valence-electron chi connectivity index (χ4n) is 1.14. The highest BCUT2D eigenvalue weighted by Crippen LogP contribution is 2.19. The lowest BCUT2D eigenvalue weighted by Crippen LogP contribution is -2.25. The first-order valence-corrected chi connectivity index (χ1v) is 3.41. The maximum Gasteiger partial charge on any atom is 0.138 e. The maximum atomic E-state index is 10.8. The molecule has 9 heavy (non-hydrogen) atoms. The molecule has 0 aliphatic heterocycles. The molecule has 2 heteroatoms. The predicted molar refractivity (Wildman–Crippen MR) is 34.0 cm³/mol. The Kier molecular flexibility index (Phi) is 1.86. The molecule has 1 aliphatic rings. The molecule has 0 aromatic heterocycles. The van der Waals surface area contributed by atoms with Crippen LogP contribution in [-0.4, -0.2) is 17.0 Å². The van der Waals surface area contributed by atoms with E-state index in [0.717, 1.165) is 12.8 Å². The molecule has 0 saturated heterocycles. The molecule has 0 radical (unpaired) electrons. The van der Waals surface area contributed by atoms with Gasteiger partial charge in [0, 0.05) is 12.3 Å². The molecule has 0 aromatic carbocycles. The fraction of sp³-hybridized carbons (Fsp3) is 0.857. The normalized spacial score (nSPS) is 36.9. The van der Waals surface area contributed by atoms with E-state index in [4.69, 9.17) is 5.11 Å². The summed E-state index contributed by atoms with van der Waals surface area (Å²) < 4.78 is 0. The molecule has 0 spiro atoms. The van der Waals surface area contributed by atoms with Gasteiger partial charge in [-0.05, 0) is 12.8 Å². The van der Waals surface area contributed by atoms with Crippen molar-refractivity contribution in [1.82, 2.24) is 0 Å². The predicted octanol–water partition coefficient (Wildman–Crippen LogP) is 0.736. The monoisotopic (exact) mass is 128 g/mol. The number of carbonyl (C=O) groups is 1. The zero-order valence-electron chi connectivity index (χ0n) is 5.63. The highest BCUT2D eigenvalue weighted by Gasteiger charge is 2.23. The van der Waals surface area contributed by atoms with Crippen LogP contribution in [-0.2, 0) is 4.79 Å². The second kappa shape index (κ2) is 2.48. The van der Waals surface area contributed by atoms with Crippen molar-refractivity contribution in [1.29, 1.82) is 0 Å². The van der Waals surface area contributed by atoms with Gasteiger partial charge in [-0.1, -0.05) is 6.92 Å². The molecule has 1 rings (SSSR count). The van der Waals surface area contributed by atoms with Crippen LogP contribution in [0, 0.1) is 5.92 Å². The number of rotatable bonds is 0. The summed E-state index contributed by atoms with van der Waals surface area (Å²) in [4.78, 5) is 10.8. The van der Waals surface area contributed by atoms with Crippen LogP contribution >= 0.6 is 0 Å². The molecular formula is C7H12O2. The highest BCUT2D eigenvalue weighted by molar-refractivity contribution is 5.81. The van der Waals surface area contributed by atoms with Crippen molar-refractivity contribution in [2.24, 2.45) is 5.92 Å². The van der Waals surface area contributed by atoms with E-state index in [2.05, 4.69) is 0 Å². The van der Waals surface area contributed by atoms with E-state index in [1.807, 2.05) is 6.92 Å². The van der Waals surface area contributed by atoms with E-state index in [0.29, 0.717) is 6.42 Å². The Labute approximate surface area is 54.9 Å². The molecule has 0 aromatic rings. The number of ketones is 1. The summed E-state index contributed by atoms with van der Waals surface area (Å²) in [6.45, 7) is 1.92. The summed E-state index contributed by atoms with van der Waals surface area (Å²) in [7, 11) is 0. The number of carbonyl (C=O) groups excluding carboxylic acids is 1. The Morgan fingerprint density at radius 1 is 1.56 bits per heavy atom. The van der Waals surface area contributed by atoms with Gasteiger partial charge in [-0.25, -0.2) is 0 Å². The van der Waals surface area contributed by atoms with Gasteiger partial charge in [-0.3, -0.25) is 4.79 Å². The van der Waals surface area contributed by atoms with E-state index < -0.39 is 0 Å². The van der Waals surface area contributed by atoms with Gasteiger partial charge in [0.15, 0.2) is 0 Å². The van der Waals surface area contributed by atoms with Gasteiger partial charge in [0.05, 0.1) is 6.10 Å². The molecular weight excluding hydrogens is 116 g/mol. The Morgan fingerprint density at radius 2 is 2.22 bits per heavy atom. The lowest BCUT2D eigenvalue weighted by Gasteiger charge is -2.20. The van der Waals surface area contributed by atoms with Gasteiger partial charge in [0.1, 0.15) is 5.78 Å². The van der Waals surface area contributed by atoms with Crippen molar-refractivity contribution in [3.63, 3.8) is 0 Å². The lowest BCUT2D eigenvalue weighted by atomic mass is 9.88. The number of aliphatic hydroxyl groups excluding tert-OH is 1. The summed E-state index contributed by atoms with van der Waals surface area (Å²) >= 11 is 0. The van der Waals surface area contributed by atoms with Crippen molar-refractivity contribution in [2.75, 3.05) is 0 Å². The zero-order valence-corrected chi connectivity index (χ0v) is 5.63. The summed E-state index contributed by atoms with van der Waals surface area (Å²) in [5.41, 5.74) is 0. The Morgan fingerprint density at radius 3 is 2.67 bits per heavy atom. The summed E-state index contributed by atoms with van der Waals surface area (Å²) in [6, 6.07) is 0. The average molecular weight is 128 g/mol. The number of aliphatic hydroxyl groups is 1. The van der Waals surface area contributed by atoms with E-state index >= 15 is 0 Å². The molecule has 52 valence electrons. The molecule has 2 atom stereocenters. The summed E-state index contributed by atoms with van der Waals surface area (Å²) in [5.74, 6) is 0.405. The minimum atomic E-state index is -0.353. The van der Waals surface area contributed by atoms with E-state index in [1.54, 1.807) is 0 Å². The van der Waals surface area contributed by atoms with Gasteiger partial charge < -0.3 is 5.11 Å². The van der Waals surface area contributed by atoms with Crippen LogP contribution in [0.3, 0.4) is 0 Å². The Hall–Kier alpha value is -0.370. The average Bonchev–Trinajstić information content (AvgIpc) is 1.80. The zero-order chi connectivity index (χ0) is 6.85. The van der Waals surface area contributed by atoms with Crippen LogP contribution in [0.1, 0.15) is 26.2 Å². The third-order valence-corrected chi connectivity index (χ3v) is 1.92. The number of hydrogen-bond donors (Lipinski definition) is 1. The SMILES string of the molecule is CC1CCC(O)CC1=O. The minimum absolute atomic E-state index is 0.188. The third kappa shape index (κ3) is 1.52. The molecule has 1 fully saturated rings. The van der Waals surface area contributed by atoms with Crippen LogP contribution in [0.2, 0.25) is 0 Å². The van der Waals surface area contributed by atoms with Crippen molar-refractivity contribution in [3.05, 3.63) is 0 Å².